The molecule has 0 atom stereocenters. The summed E-state index contributed by atoms with van der Waals surface area (Å²) < 4.78 is 12.5. The van der Waals surface area contributed by atoms with Crippen molar-refractivity contribution < 1.29 is 19.2 Å². The van der Waals surface area contributed by atoms with Gasteiger partial charge in [0.25, 0.3) is 5.69 Å². The van der Waals surface area contributed by atoms with Crippen molar-refractivity contribution in [3.8, 4) is 23.0 Å². The maximum atomic E-state index is 11.6. The lowest BCUT2D eigenvalue weighted by Crippen LogP contribution is -2.37. The number of aromatic nitrogens is 4. The van der Waals surface area contributed by atoms with E-state index in [9.17, 15) is 14.9 Å². The average Bonchev–Trinajstić information content (AvgIpc) is 3.45. The Kier molecular flexibility index (Phi) is 5.86. The fourth-order valence-corrected chi connectivity index (χ4v) is 5.11. The van der Waals surface area contributed by atoms with Crippen molar-refractivity contribution in [2.75, 3.05) is 25.6 Å². The number of nitrogens with zero attached hydrogens (tertiary/aromatic N) is 6. The Morgan fingerprint density at radius 2 is 2.00 bits per heavy atom. The van der Waals surface area contributed by atoms with Gasteiger partial charge in [-0.2, -0.15) is 0 Å². The van der Waals surface area contributed by atoms with E-state index in [1.807, 2.05) is 9.47 Å². The molecule has 1 saturated heterocycles. The Bertz CT molecular complexity index is 1220. The van der Waals surface area contributed by atoms with Crippen LogP contribution in [0.5, 0.6) is 11.5 Å². The van der Waals surface area contributed by atoms with Crippen LogP contribution in [-0.4, -0.2) is 55.1 Å². The lowest BCUT2D eigenvalue weighted by molar-refractivity contribution is -0.387. The van der Waals surface area contributed by atoms with E-state index in [0.29, 0.717) is 45.5 Å². The number of fused-ring (bicyclic) bond motifs is 2. The van der Waals surface area contributed by atoms with Crippen LogP contribution >= 0.6 is 11.8 Å². The van der Waals surface area contributed by atoms with Crippen LogP contribution < -0.4 is 15.2 Å². The van der Waals surface area contributed by atoms with Gasteiger partial charge in [-0.25, -0.2) is 15.0 Å². The quantitative estimate of drug-likeness (QED) is 0.407. The van der Waals surface area contributed by atoms with Gasteiger partial charge >= 0.3 is 0 Å². The number of benzene rings is 1. The highest BCUT2D eigenvalue weighted by molar-refractivity contribution is 7.99. The summed E-state index contributed by atoms with van der Waals surface area (Å²) in [6.07, 6.45) is 4.50. The molecule has 1 fully saturated rings. The van der Waals surface area contributed by atoms with Crippen molar-refractivity contribution in [2.24, 2.45) is 5.92 Å². The number of likely N-dealkylation sites (tertiary alicyclic amines) is 1. The molecule has 1 aromatic rings. The highest BCUT2D eigenvalue weighted by atomic mass is 32.2. The van der Waals surface area contributed by atoms with Gasteiger partial charge in [0.2, 0.25) is 12.7 Å². The Balaban J connectivity index is 1.35. The van der Waals surface area contributed by atoms with Crippen molar-refractivity contribution in [3.63, 3.8) is 0 Å². The average molecular weight is 486 g/mol. The van der Waals surface area contributed by atoms with E-state index in [1.165, 1.54) is 6.07 Å². The van der Waals surface area contributed by atoms with Crippen molar-refractivity contribution in [1.29, 1.82) is 0 Å². The van der Waals surface area contributed by atoms with E-state index >= 15 is 0 Å². The minimum absolute atomic E-state index is 0.0212. The predicted octanol–water partition coefficient (Wildman–Crippen LogP) is 2.80. The molecule has 2 N–H and O–H groups in total. The third-order valence-electron chi connectivity index (χ3n) is 6.16. The summed E-state index contributed by atoms with van der Waals surface area (Å²) in [5.41, 5.74) is 6.39. The maximum absolute atomic E-state index is 11.6. The Morgan fingerprint density at radius 3 is 2.71 bits per heavy atom. The van der Waals surface area contributed by atoms with Gasteiger partial charge in [0, 0.05) is 32.6 Å². The first kappa shape index (κ1) is 22.2. The molecule has 0 radical (unpaired) electrons. The summed E-state index contributed by atoms with van der Waals surface area (Å²) in [6, 6.07) is 2.91. The van der Waals surface area contributed by atoms with Gasteiger partial charge in [-0.3, -0.25) is 14.9 Å². The summed E-state index contributed by atoms with van der Waals surface area (Å²) >= 11 is 1.07. The molecule has 0 aliphatic carbocycles. The standard InChI is InChI=1S/C21H23N7O5S/c1-12(29)26-5-2-13(3-6-26)4-7-27-10-23-19(22)18-20(27)25-21(24-18)34-17-9-16-15(32-11-33-16)8-14(17)28(30)31/h8-10,13H,2-7,11,22H2,1H3. The number of anilines is 1. The number of nitro groups is 1. The molecule has 13 heteroatoms. The highest BCUT2D eigenvalue weighted by Gasteiger charge is 2.27. The molecule has 34 heavy (non-hydrogen) atoms. The van der Waals surface area contributed by atoms with Crippen LogP contribution in [-0.2, 0) is 11.3 Å². The molecule has 0 spiro atoms. The van der Waals surface area contributed by atoms with E-state index < -0.39 is 4.92 Å². The molecule has 5 rings (SSSR count). The number of hydrogen-bond acceptors (Lipinski definition) is 10. The van der Waals surface area contributed by atoms with Gasteiger partial charge in [0.05, 0.1) is 22.2 Å². The first-order chi connectivity index (χ1) is 16.4. The summed E-state index contributed by atoms with van der Waals surface area (Å²) in [5, 5.41) is 11.9. The minimum Gasteiger partial charge on any atom is -0.454 e. The maximum Gasteiger partial charge on any atom is 0.287 e. The molecule has 0 saturated carbocycles. The smallest absolute Gasteiger partial charge is 0.287 e. The van der Waals surface area contributed by atoms with Crippen LogP contribution in [0.15, 0.2) is 28.5 Å². The summed E-state index contributed by atoms with van der Waals surface area (Å²) in [4.78, 5) is 38.2. The largest absolute Gasteiger partial charge is 0.454 e. The van der Waals surface area contributed by atoms with Crippen molar-refractivity contribution in [1.82, 2.24) is 24.4 Å². The number of nitrogens with two attached hydrogens (primary N) is 1. The second kappa shape index (κ2) is 8.97. The van der Waals surface area contributed by atoms with E-state index in [2.05, 4.69) is 15.0 Å². The molecule has 0 aromatic heterocycles. The molecule has 1 amide bonds. The van der Waals surface area contributed by atoms with E-state index in [-0.39, 0.29) is 24.2 Å². The zero-order valence-corrected chi connectivity index (χ0v) is 19.3. The van der Waals surface area contributed by atoms with E-state index in [1.54, 1.807) is 19.3 Å². The highest BCUT2D eigenvalue weighted by Crippen LogP contribution is 2.44. The SMILES string of the molecule is CC(=O)N1CCC(CCn2cnc(N)c3nc(Sc4cc5c(cc4[N+](=O)[O-])OCO5)nc2-3)CC1. The molecular weight excluding hydrogens is 462 g/mol. The second-order valence-corrected chi connectivity index (χ2v) is 9.28. The molecule has 0 bridgehead atoms. The normalized spacial score (nSPS) is 15.7. The van der Waals surface area contributed by atoms with Crippen LogP contribution in [0.4, 0.5) is 11.5 Å². The number of aryl methyl sites for hydroxylation is 1. The topological polar surface area (TPSA) is 152 Å². The lowest BCUT2D eigenvalue weighted by Gasteiger charge is -2.31. The molecule has 4 aliphatic heterocycles. The van der Waals surface area contributed by atoms with Gasteiger partial charge in [0.1, 0.15) is 0 Å². The van der Waals surface area contributed by atoms with Gasteiger partial charge in [-0.1, -0.05) is 0 Å². The van der Waals surface area contributed by atoms with Crippen molar-refractivity contribution >= 4 is 29.2 Å². The fourth-order valence-electron chi connectivity index (χ4n) is 4.24. The number of piperidine rings is 1. The monoisotopic (exact) mass is 485 g/mol. The van der Waals surface area contributed by atoms with Crippen LogP contribution in [0, 0.1) is 16.0 Å². The number of imidazole rings is 1. The van der Waals surface area contributed by atoms with E-state index in [4.69, 9.17) is 15.2 Å². The van der Waals surface area contributed by atoms with Gasteiger partial charge in [-0.05, 0) is 36.9 Å². The molecule has 0 unspecified atom stereocenters. The summed E-state index contributed by atoms with van der Waals surface area (Å²) in [5.74, 6) is 2.24. The zero-order valence-electron chi connectivity index (χ0n) is 18.5. The molecule has 178 valence electrons. The van der Waals surface area contributed by atoms with Crippen molar-refractivity contribution in [2.45, 2.75) is 42.8 Å². The van der Waals surface area contributed by atoms with Gasteiger partial charge in [-0.15, -0.1) is 0 Å². The van der Waals surface area contributed by atoms with E-state index in [0.717, 1.165) is 44.1 Å². The predicted molar refractivity (Wildman–Crippen MR) is 122 cm³/mol. The number of carbonyl (C=O) groups is 1. The molecule has 12 nitrogen and oxygen atoms in total. The summed E-state index contributed by atoms with van der Waals surface area (Å²) in [6.45, 7) is 3.88. The number of amides is 1. The van der Waals surface area contributed by atoms with Crippen molar-refractivity contribution in [3.05, 3.63) is 28.6 Å². The Morgan fingerprint density at radius 1 is 1.26 bits per heavy atom. The lowest BCUT2D eigenvalue weighted by atomic mass is 9.93. The molecule has 1 aromatic carbocycles. The molecule has 4 heterocycles. The third kappa shape index (κ3) is 4.30. The van der Waals surface area contributed by atoms with Crippen LogP contribution in [0.25, 0.3) is 11.5 Å². The first-order valence-corrected chi connectivity index (χ1v) is 11.7. The third-order valence-corrected chi connectivity index (χ3v) is 7.07. The van der Waals surface area contributed by atoms with Crippen LogP contribution in [0.3, 0.4) is 0 Å². The first-order valence-electron chi connectivity index (χ1n) is 10.9. The number of carbonyl (C=O) groups excluding carboxylic acids is 1. The Hall–Kier alpha value is -3.61. The van der Waals surface area contributed by atoms with Gasteiger partial charge in [0.15, 0.2) is 34.0 Å². The number of nitro benzene ring substituents is 1. The summed E-state index contributed by atoms with van der Waals surface area (Å²) in [7, 11) is 0. The number of rotatable bonds is 6. The van der Waals surface area contributed by atoms with Crippen LogP contribution in [0.1, 0.15) is 26.2 Å². The minimum atomic E-state index is -0.472. The fraction of sp³-hybridized carbons (Fsp3) is 0.429. The molecule has 4 aliphatic rings. The van der Waals surface area contributed by atoms with Gasteiger partial charge < -0.3 is 24.7 Å². The zero-order chi connectivity index (χ0) is 23.8. The number of nitrogen functional groups attached to an aromatic ring is 1. The van der Waals surface area contributed by atoms with Crippen LogP contribution in [0.2, 0.25) is 0 Å². The Labute approximate surface area is 199 Å². The molecular formula is C21H23N7O5S. The second-order valence-electron chi connectivity index (χ2n) is 8.27. The number of ether oxygens (including phenoxy) is 2. The number of hydrogen-bond donors (Lipinski definition) is 1.